The van der Waals surface area contributed by atoms with Crippen molar-refractivity contribution in [3.8, 4) is 0 Å². The number of rotatable bonds is 5. The lowest BCUT2D eigenvalue weighted by atomic mass is 10.0. The van der Waals surface area contributed by atoms with E-state index in [0.717, 1.165) is 32.4 Å². The van der Waals surface area contributed by atoms with Crippen LogP contribution < -0.4 is 5.73 Å². The number of ether oxygens (including phenoxy) is 1. The van der Waals surface area contributed by atoms with Crippen LogP contribution in [0.1, 0.15) is 24.8 Å². The van der Waals surface area contributed by atoms with Gasteiger partial charge in [0.2, 0.25) is 5.91 Å². The minimum absolute atomic E-state index is 0.0792. The number of aryl methyl sites for hydroxylation is 1. The molecule has 0 saturated carbocycles. The Labute approximate surface area is 120 Å². The van der Waals surface area contributed by atoms with Crippen molar-refractivity contribution < 1.29 is 9.53 Å². The van der Waals surface area contributed by atoms with Crippen LogP contribution in [0.2, 0.25) is 0 Å². The lowest BCUT2D eigenvalue weighted by Gasteiger charge is -2.32. The lowest BCUT2D eigenvalue weighted by molar-refractivity contribution is -0.135. The molecule has 0 radical (unpaired) electrons. The van der Waals surface area contributed by atoms with E-state index >= 15 is 0 Å². The van der Waals surface area contributed by atoms with Gasteiger partial charge >= 0.3 is 0 Å². The normalized spacial score (nSPS) is 18.0. The number of hydrogen-bond donors (Lipinski definition) is 1. The number of benzene rings is 1. The smallest absolute Gasteiger partial charge is 0.239 e. The Bertz CT molecular complexity index is 414. The van der Waals surface area contributed by atoms with Crippen LogP contribution in [0.3, 0.4) is 0 Å². The molecule has 0 unspecified atom stereocenters. The van der Waals surface area contributed by atoms with Crippen LogP contribution in [-0.2, 0) is 16.0 Å². The summed E-state index contributed by atoms with van der Waals surface area (Å²) in [5.74, 6) is 0.0792. The maximum Gasteiger partial charge on any atom is 0.239 e. The second-order valence-corrected chi connectivity index (χ2v) is 5.39. The molecule has 0 aromatic heterocycles. The predicted octanol–water partition coefficient (Wildman–Crippen LogP) is 1.58. The van der Waals surface area contributed by atoms with E-state index in [1.165, 1.54) is 5.56 Å². The van der Waals surface area contributed by atoms with Crippen molar-refractivity contribution in [2.75, 3.05) is 20.2 Å². The van der Waals surface area contributed by atoms with Gasteiger partial charge in [-0.15, -0.1) is 0 Å². The predicted molar refractivity (Wildman–Crippen MR) is 79.3 cm³/mol. The SMILES string of the molecule is COC1CCN(C(=O)[C@@H](N)CCc2ccccc2)CC1. The molecular weight excluding hydrogens is 252 g/mol. The Balaban J connectivity index is 1.77. The third-order valence-electron chi connectivity index (χ3n) is 3.99. The van der Waals surface area contributed by atoms with Gasteiger partial charge in [0, 0.05) is 20.2 Å². The van der Waals surface area contributed by atoms with E-state index in [0.29, 0.717) is 12.5 Å². The second-order valence-electron chi connectivity index (χ2n) is 5.39. The van der Waals surface area contributed by atoms with Crippen molar-refractivity contribution in [3.63, 3.8) is 0 Å². The molecule has 2 rings (SSSR count). The Hall–Kier alpha value is -1.39. The molecule has 4 heteroatoms. The Morgan fingerprint density at radius 2 is 2.00 bits per heavy atom. The monoisotopic (exact) mass is 276 g/mol. The molecule has 1 fully saturated rings. The van der Waals surface area contributed by atoms with Crippen molar-refractivity contribution in [1.82, 2.24) is 4.90 Å². The highest BCUT2D eigenvalue weighted by atomic mass is 16.5. The van der Waals surface area contributed by atoms with Crippen molar-refractivity contribution in [1.29, 1.82) is 0 Å². The summed E-state index contributed by atoms with van der Waals surface area (Å²) in [4.78, 5) is 14.2. The number of carbonyl (C=O) groups is 1. The number of likely N-dealkylation sites (tertiary alicyclic amines) is 1. The average Bonchev–Trinajstić information content (AvgIpc) is 2.53. The molecule has 0 bridgehead atoms. The zero-order chi connectivity index (χ0) is 14.4. The molecule has 2 N–H and O–H groups in total. The van der Waals surface area contributed by atoms with Crippen LogP contribution >= 0.6 is 0 Å². The van der Waals surface area contributed by atoms with Crippen molar-refractivity contribution in [3.05, 3.63) is 35.9 Å². The number of nitrogens with two attached hydrogens (primary N) is 1. The minimum Gasteiger partial charge on any atom is -0.381 e. The fraction of sp³-hybridized carbons (Fsp3) is 0.562. The molecule has 1 amide bonds. The van der Waals surface area contributed by atoms with E-state index in [-0.39, 0.29) is 5.91 Å². The molecular formula is C16H24N2O2. The maximum absolute atomic E-state index is 12.3. The van der Waals surface area contributed by atoms with E-state index < -0.39 is 6.04 Å². The first kappa shape index (κ1) is 15.0. The van der Waals surface area contributed by atoms with Gasteiger partial charge in [0.25, 0.3) is 0 Å². The summed E-state index contributed by atoms with van der Waals surface area (Å²) in [6.07, 6.45) is 3.66. The highest BCUT2D eigenvalue weighted by Crippen LogP contribution is 2.14. The quantitative estimate of drug-likeness (QED) is 0.888. The molecule has 4 nitrogen and oxygen atoms in total. The van der Waals surface area contributed by atoms with E-state index in [1.807, 2.05) is 23.1 Å². The highest BCUT2D eigenvalue weighted by Gasteiger charge is 2.25. The van der Waals surface area contributed by atoms with Crippen LogP contribution in [0.25, 0.3) is 0 Å². The van der Waals surface area contributed by atoms with Gasteiger partial charge in [-0.1, -0.05) is 30.3 Å². The fourth-order valence-electron chi connectivity index (χ4n) is 2.64. The van der Waals surface area contributed by atoms with Crippen molar-refractivity contribution in [2.24, 2.45) is 5.73 Å². The number of carbonyl (C=O) groups excluding carboxylic acids is 1. The van der Waals surface area contributed by atoms with Gasteiger partial charge in [-0.3, -0.25) is 4.79 Å². The number of methoxy groups -OCH3 is 1. The molecule has 1 saturated heterocycles. The summed E-state index contributed by atoms with van der Waals surface area (Å²) < 4.78 is 5.32. The number of nitrogens with zero attached hydrogens (tertiary/aromatic N) is 1. The van der Waals surface area contributed by atoms with Crippen LogP contribution in [0.5, 0.6) is 0 Å². The van der Waals surface area contributed by atoms with E-state index in [1.54, 1.807) is 7.11 Å². The van der Waals surface area contributed by atoms with Gasteiger partial charge < -0.3 is 15.4 Å². The molecule has 1 heterocycles. The fourth-order valence-corrected chi connectivity index (χ4v) is 2.64. The lowest BCUT2D eigenvalue weighted by Crippen LogP contribution is -2.48. The number of amides is 1. The third-order valence-corrected chi connectivity index (χ3v) is 3.99. The van der Waals surface area contributed by atoms with Crippen molar-refractivity contribution >= 4 is 5.91 Å². The molecule has 20 heavy (non-hydrogen) atoms. The standard InChI is InChI=1S/C16H24N2O2/c1-20-14-9-11-18(12-10-14)16(19)15(17)8-7-13-5-3-2-4-6-13/h2-6,14-15H,7-12,17H2,1H3/t15-/m0/s1. The minimum atomic E-state index is -0.394. The van der Waals surface area contributed by atoms with Crippen LogP contribution in [-0.4, -0.2) is 43.2 Å². The van der Waals surface area contributed by atoms with Crippen molar-refractivity contribution in [2.45, 2.75) is 37.8 Å². The summed E-state index contributed by atoms with van der Waals surface area (Å²) in [7, 11) is 1.73. The van der Waals surface area contributed by atoms with Gasteiger partial charge in [-0.25, -0.2) is 0 Å². The van der Waals surface area contributed by atoms with Gasteiger partial charge in [0.05, 0.1) is 12.1 Å². The third kappa shape index (κ3) is 4.05. The van der Waals surface area contributed by atoms with E-state index in [2.05, 4.69) is 12.1 Å². The topological polar surface area (TPSA) is 55.6 Å². The van der Waals surface area contributed by atoms with Gasteiger partial charge in [-0.05, 0) is 31.2 Å². The molecule has 0 spiro atoms. The molecule has 1 aliphatic heterocycles. The number of piperidine rings is 1. The summed E-state index contributed by atoms with van der Waals surface area (Å²) in [5, 5.41) is 0. The summed E-state index contributed by atoms with van der Waals surface area (Å²) in [6, 6.07) is 9.77. The van der Waals surface area contributed by atoms with Gasteiger partial charge in [-0.2, -0.15) is 0 Å². The second kappa shape index (κ2) is 7.41. The van der Waals surface area contributed by atoms with E-state index in [9.17, 15) is 4.79 Å². The molecule has 1 aromatic rings. The summed E-state index contributed by atoms with van der Waals surface area (Å²) >= 11 is 0. The van der Waals surface area contributed by atoms with Gasteiger partial charge in [0.15, 0.2) is 0 Å². The summed E-state index contributed by atoms with van der Waals surface area (Å²) in [6.45, 7) is 1.52. The summed E-state index contributed by atoms with van der Waals surface area (Å²) in [5.41, 5.74) is 7.27. The van der Waals surface area contributed by atoms with Crippen LogP contribution in [0.15, 0.2) is 30.3 Å². The maximum atomic E-state index is 12.3. The van der Waals surface area contributed by atoms with Crippen LogP contribution in [0, 0.1) is 0 Å². The first-order chi connectivity index (χ1) is 9.70. The average molecular weight is 276 g/mol. The Kier molecular flexibility index (Phi) is 5.56. The molecule has 110 valence electrons. The molecule has 1 aliphatic rings. The Morgan fingerprint density at radius 1 is 1.35 bits per heavy atom. The zero-order valence-corrected chi connectivity index (χ0v) is 12.1. The largest absolute Gasteiger partial charge is 0.381 e. The first-order valence-corrected chi connectivity index (χ1v) is 7.32. The zero-order valence-electron chi connectivity index (χ0n) is 12.1. The Morgan fingerprint density at radius 3 is 2.60 bits per heavy atom. The van der Waals surface area contributed by atoms with E-state index in [4.69, 9.17) is 10.5 Å². The first-order valence-electron chi connectivity index (χ1n) is 7.32. The highest BCUT2D eigenvalue weighted by molar-refractivity contribution is 5.81. The molecule has 0 aliphatic carbocycles. The number of hydrogen-bond acceptors (Lipinski definition) is 3. The molecule has 1 aromatic carbocycles. The van der Waals surface area contributed by atoms with Gasteiger partial charge in [0.1, 0.15) is 0 Å². The van der Waals surface area contributed by atoms with Crippen LogP contribution in [0.4, 0.5) is 0 Å². The molecule has 1 atom stereocenters.